The van der Waals surface area contributed by atoms with Crippen LogP contribution in [0.3, 0.4) is 0 Å². The molecule has 0 fully saturated rings. The number of benzene rings is 1. The van der Waals surface area contributed by atoms with Crippen molar-refractivity contribution in [2.75, 3.05) is 6.54 Å². The Morgan fingerprint density at radius 2 is 2.05 bits per heavy atom. The quantitative estimate of drug-likeness (QED) is 0.467. The summed E-state index contributed by atoms with van der Waals surface area (Å²) in [6, 6.07) is 1.79. The van der Waals surface area contributed by atoms with Crippen LogP contribution in [0.1, 0.15) is 38.5 Å². The molecule has 2 aromatic rings. The fraction of sp³-hybridized carbons (Fsp3) is 0.500. The lowest BCUT2D eigenvalue weighted by atomic mass is 9.99. The van der Waals surface area contributed by atoms with Crippen LogP contribution in [0.2, 0.25) is 10.0 Å². The van der Waals surface area contributed by atoms with Crippen molar-refractivity contribution in [3.8, 4) is 0 Å². The molecule has 1 N–H and O–H groups in total. The Balaban J connectivity index is 2.56. The smallest absolute Gasteiger partial charge is 0.154 e. The molecule has 5 heteroatoms. The Hall–Kier alpha value is -0.220. The van der Waals surface area contributed by atoms with Gasteiger partial charge < -0.3 is 9.73 Å². The van der Waals surface area contributed by atoms with Gasteiger partial charge in [0.2, 0.25) is 0 Å². The Morgan fingerprint density at radius 1 is 1.33 bits per heavy atom. The third kappa shape index (κ3) is 3.76. The zero-order valence-corrected chi connectivity index (χ0v) is 15.6. The molecule has 1 aromatic carbocycles. The van der Waals surface area contributed by atoms with Crippen LogP contribution < -0.4 is 5.32 Å². The van der Waals surface area contributed by atoms with E-state index in [9.17, 15) is 0 Å². The summed E-state index contributed by atoms with van der Waals surface area (Å²) >= 11 is 16.3. The molecule has 116 valence electrons. The van der Waals surface area contributed by atoms with Crippen molar-refractivity contribution in [1.29, 1.82) is 0 Å². The molecule has 0 saturated heterocycles. The van der Waals surface area contributed by atoms with Crippen LogP contribution in [0.4, 0.5) is 0 Å². The molecule has 0 amide bonds. The van der Waals surface area contributed by atoms with Crippen molar-refractivity contribution in [2.45, 2.75) is 40.2 Å². The summed E-state index contributed by atoms with van der Waals surface area (Å²) in [4.78, 5) is 0. The first-order valence-corrected chi connectivity index (χ1v) is 8.79. The van der Waals surface area contributed by atoms with Crippen LogP contribution in [0.5, 0.6) is 0 Å². The minimum Gasteiger partial charge on any atom is -0.458 e. The normalized spacial score (nSPS) is 11.8. The Bertz CT molecular complexity index is 637. The Morgan fingerprint density at radius 3 is 2.67 bits per heavy atom. The maximum Gasteiger partial charge on any atom is 0.154 e. The zero-order chi connectivity index (χ0) is 15.6. The molecule has 0 aliphatic rings. The number of hydrogen-bond acceptors (Lipinski definition) is 2. The van der Waals surface area contributed by atoms with Crippen molar-refractivity contribution in [3.63, 3.8) is 0 Å². The lowest BCUT2D eigenvalue weighted by Crippen LogP contribution is -2.14. The fourth-order valence-electron chi connectivity index (χ4n) is 2.42. The zero-order valence-electron chi connectivity index (χ0n) is 12.5. The Labute approximate surface area is 144 Å². The first kappa shape index (κ1) is 17.1. The van der Waals surface area contributed by atoms with Crippen molar-refractivity contribution in [3.05, 3.63) is 31.9 Å². The van der Waals surface area contributed by atoms with Gasteiger partial charge in [-0.15, -0.1) is 0 Å². The van der Waals surface area contributed by atoms with Gasteiger partial charge >= 0.3 is 0 Å². The van der Waals surface area contributed by atoms with Gasteiger partial charge in [0, 0.05) is 15.4 Å². The first-order valence-electron chi connectivity index (χ1n) is 7.24. The summed E-state index contributed by atoms with van der Waals surface area (Å²) in [6.07, 6.45) is 2.01. The van der Waals surface area contributed by atoms with E-state index in [1.807, 2.05) is 0 Å². The average molecular weight is 393 g/mol. The predicted octanol–water partition coefficient (Wildman–Crippen LogP) is 6.20. The van der Waals surface area contributed by atoms with Crippen LogP contribution >= 0.6 is 39.1 Å². The molecule has 0 spiro atoms. The lowest BCUT2D eigenvalue weighted by molar-refractivity contribution is 0.501. The number of halogens is 3. The molecule has 0 aliphatic carbocycles. The highest BCUT2D eigenvalue weighted by Crippen LogP contribution is 2.41. The molecule has 1 heterocycles. The first-order chi connectivity index (χ1) is 9.95. The van der Waals surface area contributed by atoms with E-state index in [1.165, 1.54) is 0 Å². The van der Waals surface area contributed by atoms with Gasteiger partial charge in [0.25, 0.3) is 0 Å². The Kier molecular flexibility index (Phi) is 6.01. The molecule has 0 radical (unpaired) electrons. The van der Waals surface area contributed by atoms with Crippen molar-refractivity contribution in [1.82, 2.24) is 5.32 Å². The summed E-state index contributed by atoms with van der Waals surface area (Å²) in [5.74, 6) is 1.46. The standard InChI is InChI=1S/C16H20BrCl2NO/c1-4-5-20-8-13-10(6-9(2)3)14-15(19)11(17)7-12(18)16(14)21-13/h7,9,20H,4-6,8H2,1-3H3. The van der Waals surface area contributed by atoms with Gasteiger partial charge in [0.15, 0.2) is 5.58 Å². The second kappa shape index (κ2) is 7.36. The van der Waals surface area contributed by atoms with Gasteiger partial charge in [-0.1, -0.05) is 44.0 Å². The van der Waals surface area contributed by atoms with Gasteiger partial charge in [0.05, 0.1) is 16.6 Å². The molecular formula is C16H20BrCl2NO. The molecular weight excluding hydrogens is 373 g/mol. The predicted molar refractivity (Wildman–Crippen MR) is 94.5 cm³/mol. The molecule has 1 aromatic heterocycles. The summed E-state index contributed by atoms with van der Waals surface area (Å²) < 4.78 is 6.82. The monoisotopic (exact) mass is 391 g/mol. The second-order valence-corrected chi connectivity index (χ2v) is 7.28. The molecule has 2 nitrogen and oxygen atoms in total. The highest BCUT2D eigenvalue weighted by Gasteiger charge is 2.21. The topological polar surface area (TPSA) is 25.2 Å². The largest absolute Gasteiger partial charge is 0.458 e. The van der Waals surface area contributed by atoms with Gasteiger partial charge in [-0.25, -0.2) is 0 Å². The molecule has 0 bridgehead atoms. The molecule has 0 saturated carbocycles. The van der Waals surface area contributed by atoms with Gasteiger partial charge in [0.1, 0.15) is 5.76 Å². The number of hydrogen-bond donors (Lipinski definition) is 1. The maximum atomic E-state index is 6.48. The summed E-state index contributed by atoms with van der Waals surface area (Å²) in [5, 5.41) is 5.60. The number of rotatable bonds is 6. The molecule has 2 rings (SSSR count). The van der Waals surface area contributed by atoms with Crippen LogP contribution in [0, 0.1) is 5.92 Å². The average Bonchev–Trinajstić information content (AvgIpc) is 2.75. The van der Waals surface area contributed by atoms with Crippen molar-refractivity contribution >= 4 is 50.1 Å². The number of fused-ring (bicyclic) bond motifs is 1. The van der Waals surface area contributed by atoms with Crippen molar-refractivity contribution in [2.24, 2.45) is 5.92 Å². The van der Waals surface area contributed by atoms with E-state index in [4.69, 9.17) is 27.6 Å². The lowest BCUT2D eigenvalue weighted by Gasteiger charge is -2.08. The third-order valence-electron chi connectivity index (χ3n) is 3.31. The fourth-order valence-corrected chi connectivity index (χ4v) is 3.47. The SMILES string of the molecule is CCCNCc1oc2c(Cl)cc(Br)c(Cl)c2c1CC(C)C. The van der Waals surface area contributed by atoms with Crippen LogP contribution in [-0.4, -0.2) is 6.54 Å². The minimum atomic E-state index is 0.518. The van der Waals surface area contributed by atoms with E-state index >= 15 is 0 Å². The third-order valence-corrected chi connectivity index (χ3v) is 4.84. The van der Waals surface area contributed by atoms with E-state index in [0.717, 1.165) is 40.6 Å². The van der Waals surface area contributed by atoms with E-state index in [0.29, 0.717) is 28.1 Å². The van der Waals surface area contributed by atoms with Crippen LogP contribution in [0.15, 0.2) is 15.0 Å². The summed E-state index contributed by atoms with van der Waals surface area (Å²) in [7, 11) is 0. The summed E-state index contributed by atoms with van der Waals surface area (Å²) in [5.41, 5.74) is 1.85. The highest BCUT2D eigenvalue weighted by atomic mass is 79.9. The summed E-state index contributed by atoms with van der Waals surface area (Å²) in [6.45, 7) is 8.19. The van der Waals surface area contributed by atoms with Crippen LogP contribution in [0.25, 0.3) is 11.0 Å². The maximum absolute atomic E-state index is 6.48. The molecule has 0 atom stereocenters. The van der Waals surface area contributed by atoms with Gasteiger partial charge in [-0.05, 0) is 47.3 Å². The number of nitrogens with one attached hydrogen (secondary N) is 1. The van der Waals surface area contributed by atoms with Gasteiger partial charge in [-0.3, -0.25) is 0 Å². The van der Waals surface area contributed by atoms with Crippen molar-refractivity contribution < 1.29 is 4.42 Å². The highest BCUT2D eigenvalue weighted by molar-refractivity contribution is 9.10. The van der Waals surface area contributed by atoms with Gasteiger partial charge in [-0.2, -0.15) is 0 Å². The number of furan rings is 1. The van der Waals surface area contributed by atoms with E-state index in [2.05, 4.69) is 42.0 Å². The molecule has 21 heavy (non-hydrogen) atoms. The molecule has 0 aliphatic heterocycles. The van der Waals surface area contributed by atoms with Crippen LogP contribution in [-0.2, 0) is 13.0 Å². The second-order valence-electron chi connectivity index (χ2n) is 5.64. The van der Waals surface area contributed by atoms with E-state index in [-0.39, 0.29) is 0 Å². The van der Waals surface area contributed by atoms with E-state index in [1.54, 1.807) is 6.07 Å². The molecule has 0 unspecified atom stereocenters. The minimum absolute atomic E-state index is 0.518. The van der Waals surface area contributed by atoms with E-state index < -0.39 is 0 Å².